The average molecular weight is 266 g/mol. The molecule has 0 atom stereocenters. The van der Waals surface area contributed by atoms with Crippen LogP contribution in [0.15, 0.2) is 23.6 Å². The summed E-state index contributed by atoms with van der Waals surface area (Å²) in [4.78, 5) is 14.7. The number of aromatic nitrogens is 1. The van der Waals surface area contributed by atoms with E-state index in [-0.39, 0.29) is 12.2 Å². The predicted molar refractivity (Wildman–Crippen MR) is 67.9 cm³/mol. The maximum absolute atomic E-state index is 13.1. The van der Waals surface area contributed by atoms with Gasteiger partial charge in [0.15, 0.2) is 5.13 Å². The summed E-state index contributed by atoms with van der Waals surface area (Å²) in [5, 5.41) is 13.9. The summed E-state index contributed by atoms with van der Waals surface area (Å²) < 4.78 is 13.1. The van der Waals surface area contributed by atoms with Gasteiger partial charge >= 0.3 is 5.97 Å². The van der Waals surface area contributed by atoms with E-state index in [1.807, 2.05) is 0 Å². The number of thiazole rings is 1. The first-order chi connectivity index (χ1) is 8.54. The minimum absolute atomic E-state index is 0.0966. The SMILES string of the molecule is Cc1cc(Nc2nc(CC(=O)O)cs2)ccc1F. The third-order valence-electron chi connectivity index (χ3n) is 2.29. The van der Waals surface area contributed by atoms with E-state index in [1.54, 1.807) is 24.4 Å². The van der Waals surface area contributed by atoms with E-state index in [2.05, 4.69) is 10.3 Å². The largest absolute Gasteiger partial charge is 0.481 e. The van der Waals surface area contributed by atoms with Gasteiger partial charge in [0.1, 0.15) is 5.82 Å². The molecule has 6 heteroatoms. The van der Waals surface area contributed by atoms with Crippen molar-refractivity contribution >= 4 is 28.1 Å². The first kappa shape index (κ1) is 12.5. The number of hydrogen-bond donors (Lipinski definition) is 2. The van der Waals surface area contributed by atoms with E-state index >= 15 is 0 Å². The average Bonchev–Trinajstić information content (AvgIpc) is 2.70. The summed E-state index contributed by atoms with van der Waals surface area (Å²) in [5.74, 6) is -1.17. The van der Waals surface area contributed by atoms with Gasteiger partial charge in [0, 0.05) is 11.1 Å². The van der Waals surface area contributed by atoms with Gasteiger partial charge in [-0.05, 0) is 30.7 Å². The van der Waals surface area contributed by atoms with Crippen molar-refractivity contribution in [1.82, 2.24) is 4.98 Å². The highest BCUT2D eigenvalue weighted by Crippen LogP contribution is 2.22. The lowest BCUT2D eigenvalue weighted by Gasteiger charge is -2.04. The molecule has 0 unspecified atom stereocenters. The van der Waals surface area contributed by atoms with Crippen LogP contribution < -0.4 is 5.32 Å². The molecule has 1 heterocycles. The van der Waals surface area contributed by atoms with Crippen molar-refractivity contribution in [3.63, 3.8) is 0 Å². The Morgan fingerprint density at radius 2 is 2.33 bits per heavy atom. The van der Waals surface area contributed by atoms with Crippen molar-refractivity contribution in [2.75, 3.05) is 5.32 Å². The van der Waals surface area contributed by atoms with E-state index in [9.17, 15) is 9.18 Å². The summed E-state index contributed by atoms with van der Waals surface area (Å²) in [6, 6.07) is 4.66. The summed E-state index contributed by atoms with van der Waals surface area (Å²) >= 11 is 1.32. The van der Waals surface area contributed by atoms with E-state index < -0.39 is 5.97 Å². The van der Waals surface area contributed by atoms with Gasteiger partial charge in [-0.15, -0.1) is 11.3 Å². The zero-order valence-electron chi connectivity index (χ0n) is 9.61. The third kappa shape index (κ3) is 3.04. The Balaban J connectivity index is 2.11. The Morgan fingerprint density at radius 1 is 1.56 bits per heavy atom. The lowest BCUT2D eigenvalue weighted by atomic mass is 10.2. The zero-order chi connectivity index (χ0) is 13.1. The molecule has 0 aliphatic heterocycles. The Bertz CT molecular complexity index is 583. The number of carboxylic acid groups (broad SMARTS) is 1. The highest BCUT2D eigenvalue weighted by molar-refractivity contribution is 7.13. The van der Waals surface area contributed by atoms with Gasteiger partial charge in [-0.1, -0.05) is 0 Å². The van der Waals surface area contributed by atoms with Gasteiger partial charge in [-0.3, -0.25) is 4.79 Å². The van der Waals surface area contributed by atoms with Crippen LogP contribution in [0.5, 0.6) is 0 Å². The van der Waals surface area contributed by atoms with Crippen LogP contribution in [-0.4, -0.2) is 16.1 Å². The quantitative estimate of drug-likeness (QED) is 0.893. The minimum Gasteiger partial charge on any atom is -0.481 e. The van der Waals surface area contributed by atoms with E-state index in [4.69, 9.17) is 5.11 Å². The predicted octanol–water partition coefficient (Wildman–Crippen LogP) is 2.96. The molecule has 18 heavy (non-hydrogen) atoms. The van der Waals surface area contributed by atoms with Crippen molar-refractivity contribution < 1.29 is 14.3 Å². The fraction of sp³-hybridized carbons (Fsp3) is 0.167. The molecule has 1 aromatic carbocycles. The Hall–Kier alpha value is -1.95. The van der Waals surface area contributed by atoms with Gasteiger partial charge in [0.2, 0.25) is 0 Å². The van der Waals surface area contributed by atoms with Crippen LogP contribution >= 0.6 is 11.3 Å². The smallest absolute Gasteiger partial charge is 0.309 e. The first-order valence-corrected chi connectivity index (χ1v) is 6.12. The second-order valence-corrected chi connectivity index (χ2v) is 4.66. The van der Waals surface area contributed by atoms with Crippen molar-refractivity contribution in [1.29, 1.82) is 0 Å². The lowest BCUT2D eigenvalue weighted by molar-refractivity contribution is -0.136. The van der Waals surface area contributed by atoms with Gasteiger partial charge in [0.05, 0.1) is 12.1 Å². The standard InChI is InChI=1S/C12H11FN2O2S/c1-7-4-8(2-3-10(7)13)14-12-15-9(6-18-12)5-11(16)17/h2-4,6H,5H2,1H3,(H,14,15)(H,16,17). The number of rotatable bonds is 4. The number of halogens is 1. The molecule has 1 aromatic heterocycles. The van der Waals surface area contributed by atoms with Crippen LogP contribution in [0, 0.1) is 12.7 Å². The molecule has 0 amide bonds. The number of anilines is 2. The van der Waals surface area contributed by atoms with Crippen molar-refractivity contribution in [3.05, 3.63) is 40.7 Å². The molecule has 0 bridgehead atoms. The fourth-order valence-corrected chi connectivity index (χ4v) is 2.18. The number of benzene rings is 1. The molecule has 0 spiro atoms. The Labute approximate surface area is 107 Å². The van der Waals surface area contributed by atoms with E-state index in [1.165, 1.54) is 17.4 Å². The third-order valence-corrected chi connectivity index (χ3v) is 3.10. The van der Waals surface area contributed by atoms with Crippen molar-refractivity contribution in [2.24, 2.45) is 0 Å². The molecule has 4 nitrogen and oxygen atoms in total. The number of nitrogens with zero attached hydrogens (tertiary/aromatic N) is 1. The molecule has 94 valence electrons. The van der Waals surface area contributed by atoms with Crippen molar-refractivity contribution in [2.45, 2.75) is 13.3 Å². The maximum atomic E-state index is 13.1. The van der Waals surface area contributed by atoms with Crippen LogP contribution in [-0.2, 0) is 11.2 Å². The second-order valence-electron chi connectivity index (χ2n) is 3.80. The normalized spacial score (nSPS) is 10.3. The van der Waals surface area contributed by atoms with E-state index in [0.29, 0.717) is 16.4 Å². The molecular formula is C12H11FN2O2S. The van der Waals surface area contributed by atoms with Crippen LogP contribution in [0.3, 0.4) is 0 Å². The molecule has 0 saturated carbocycles. The van der Waals surface area contributed by atoms with Crippen LogP contribution in [0.2, 0.25) is 0 Å². The van der Waals surface area contributed by atoms with Crippen LogP contribution in [0.25, 0.3) is 0 Å². The Kier molecular flexibility index (Phi) is 3.57. The van der Waals surface area contributed by atoms with Gasteiger partial charge in [-0.2, -0.15) is 0 Å². The van der Waals surface area contributed by atoms with Gasteiger partial charge in [-0.25, -0.2) is 9.37 Å². The molecule has 2 N–H and O–H groups in total. The van der Waals surface area contributed by atoms with Crippen LogP contribution in [0.4, 0.5) is 15.2 Å². The number of aliphatic carboxylic acids is 1. The maximum Gasteiger partial charge on any atom is 0.309 e. The topological polar surface area (TPSA) is 62.2 Å². The number of carbonyl (C=O) groups is 1. The van der Waals surface area contributed by atoms with Crippen molar-refractivity contribution in [3.8, 4) is 0 Å². The lowest BCUT2D eigenvalue weighted by Crippen LogP contribution is -2.00. The Morgan fingerprint density at radius 3 is 3.00 bits per heavy atom. The number of nitrogens with one attached hydrogen (secondary N) is 1. The highest BCUT2D eigenvalue weighted by Gasteiger charge is 2.07. The summed E-state index contributed by atoms with van der Waals surface area (Å²) in [6.45, 7) is 1.68. The first-order valence-electron chi connectivity index (χ1n) is 5.24. The highest BCUT2D eigenvalue weighted by atomic mass is 32.1. The molecule has 2 aromatic rings. The molecule has 0 fully saturated rings. The molecule has 0 aliphatic rings. The summed E-state index contributed by atoms with van der Waals surface area (Å²) in [6.07, 6.45) is -0.0966. The number of carboxylic acids is 1. The summed E-state index contributed by atoms with van der Waals surface area (Å²) in [5.41, 5.74) is 1.78. The number of aryl methyl sites for hydroxylation is 1. The van der Waals surface area contributed by atoms with Gasteiger partial charge < -0.3 is 10.4 Å². The van der Waals surface area contributed by atoms with Gasteiger partial charge in [0.25, 0.3) is 0 Å². The van der Waals surface area contributed by atoms with E-state index in [0.717, 1.165) is 5.69 Å². The molecule has 0 saturated heterocycles. The summed E-state index contributed by atoms with van der Waals surface area (Å²) in [7, 11) is 0. The fourth-order valence-electron chi connectivity index (χ4n) is 1.45. The molecule has 0 aliphatic carbocycles. The molecule has 0 radical (unpaired) electrons. The monoisotopic (exact) mass is 266 g/mol. The van der Waals surface area contributed by atoms with Crippen LogP contribution in [0.1, 0.15) is 11.3 Å². The molecule has 2 rings (SSSR count). The number of hydrogen-bond acceptors (Lipinski definition) is 4. The molecular weight excluding hydrogens is 255 g/mol. The minimum atomic E-state index is -0.913. The zero-order valence-corrected chi connectivity index (χ0v) is 10.4. The second kappa shape index (κ2) is 5.14.